The molecule has 34 heavy (non-hydrogen) atoms. The normalized spacial score (nSPS) is 16.2. The van der Waals surface area contributed by atoms with Crippen molar-refractivity contribution < 1.29 is 26.3 Å². The van der Waals surface area contributed by atoms with Gasteiger partial charge in [0, 0.05) is 6.54 Å². The number of aliphatic hydroxyl groups is 1. The van der Waals surface area contributed by atoms with E-state index in [2.05, 4.69) is 4.72 Å². The first-order valence-corrected chi connectivity index (χ1v) is 13.5. The molecule has 0 radical (unpaired) electrons. The molecule has 0 aromatic heterocycles. The minimum atomic E-state index is -4.11. The van der Waals surface area contributed by atoms with E-state index in [-0.39, 0.29) is 39.3 Å². The number of hydrogen-bond donors (Lipinski definition) is 3. The van der Waals surface area contributed by atoms with E-state index in [4.69, 9.17) is 5.14 Å². The van der Waals surface area contributed by atoms with Gasteiger partial charge in [-0.25, -0.2) is 31.1 Å². The third-order valence-corrected chi connectivity index (χ3v) is 8.25. The van der Waals surface area contributed by atoms with Crippen LogP contribution in [0, 0.1) is 17.1 Å². The summed E-state index contributed by atoms with van der Waals surface area (Å²) in [5.74, 6) is -0.877. The average Bonchev–Trinajstić information content (AvgIpc) is 2.76. The van der Waals surface area contributed by atoms with E-state index in [9.17, 15) is 31.6 Å². The highest BCUT2D eigenvalue weighted by Gasteiger charge is 2.27. The zero-order valence-corrected chi connectivity index (χ0v) is 20.6. The Morgan fingerprint density at radius 2 is 1.94 bits per heavy atom. The Balaban J connectivity index is 1.91. The van der Waals surface area contributed by atoms with E-state index in [1.807, 2.05) is 32.9 Å². The lowest BCUT2D eigenvalue weighted by Crippen LogP contribution is -2.29. The molecule has 4 N–H and O–H groups in total. The van der Waals surface area contributed by atoms with E-state index in [0.29, 0.717) is 12.0 Å². The molecule has 2 aromatic carbocycles. The molecular formula is C23H26FN3O5S2. The summed E-state index contributed by atoms with van der Waals surface area (Å²) in [6.07, 6.45) is 2.20. The third kappa shape index (κ3) is 5.06. The van der Waals surface area contributed by atoms with Crippen LogP contribution in [0.4, 0.5) is 4.39 Å². The number of halogens is 1. The number of hydrogen-bond acceptors (Lipinski definition) is 6. The van der Waals surface area contributed by atoms with Crippen LogP contribution >= 0.6 is 0 Å². The number of rotatable bonds is 7. The molecule has 0 heterocycles. The molecule has 0 bridgehead atoms. The summed E-state index contributed by atoms with van der Waals surface area (Å²) in [6, 6.07) is 6.62. The Morgan fingerprint density at radius 3 is 2.50 bits per heavy atom. The molecule has 0 aliphatic heterocycles. The predicted octanol–water partition coefficient (Wildman–Crippen LogP) is 2.52. The van der Waals surface area contributed by atoms with Crippen molar-refractivity contribution in [2.24, 2.45) is 5.14 Å². The number of nitriles is 1. The largest absolute Gasteiger partial charge is 0.392 e. The minimum Gasteiger partial charge on any atom is -0.392 e. The van der Waals surface area contributed by atoms with Crippen molar-refractivity contribution in [1.82, 2.24) is 4.72 Å². The van der Waals surface area contributed by atoms with Gasteiger partial charge in [-0.3, -0.25) is 0 Å². The van der Waals surface area contributed by atoms with Gasteiger partial charge in [-0.2, -0.15) is 5.26 Å². The second kappa shape index (κ2) is 9.56. The van der Waals surface area contributed by atoms with Crippen molar-refractivity contribution in [3.05, 3.63) is 69.5 Å². The maximum atomic E-state index is 14.9. The van der Waals surface area contributed by atoms with Gasteiger partial charge in [0.25, 0.3) is 0 Å². The molecule has 0 saturated carbocycles. The van der Waals surface area contributed by atoms with Gasteiger partial charge in [0.1, 0.15) is 11.9 Å². The van der Waals surface area contributed by atoms with Crippen LogP contribution in [0.1, 0.15) is 60.4 Å². The van der Waals surface area contributed by atoms with Crippen molar-refractivity contribution in [2.75, 3.05) is 6.54 Å². The van der Waals surface area contributed by atoms with Crippen molar-refractivity contribution in [2.45, 2.75) is 55.4 Å². The van der Waals surface area contributed by atoms with E-state index in [0.717, 1.165) is 34.9 Å². The Labute approximate surface area is 199 Å². The molecule has 0 saturated heterocycles. The molecule has 1 aliphatic rings. The van der Waals surface area contributed by atoms with Crippen molar-refractivity contribution in [1.29, 1.82) is 5.26 Å². The molecule has 2 aromatic rings. The number of nitrogens with two attached hydrogens (primary N) is 1. The zero-order chi connectivity index (χ0) is 25.4. The fourth-order valence-corrected chi connectivity index (χ4v) is 6.07. The van der Waals surface area contributed by atoms with Crippen LogP contribution < -0.4 is 9.86 Å². The quantitative estimate of drug-likeness (QED) is 0.490. The molecule has 11 heteroatoms. The average molecular weight is 508 g/mol. The van der Waals surface area contributed by atoms with Crippen LogP contribution in [0.15, 0.2) is 45.7 Å². The fraction of sp³-hybridized carbons (Fsp3) is 0.348. The topological polar surface area (TPSA) is 150 Å². The number of fused-ring (bicyclic) bond motifs is 1. The molecule has 3 rings (SSSR count). The molecule has 8 nitrogen and oxygen atoms in total. The first-order chi connectivity index (χ1) is 15.8. The second-order valence-electron chi connectivity index (χ2n) is 8.57. The summed E-state index contributed by atoms with van der Waals surface area (Å²) < 4.78 is 66.4. The number of aliphatic hydroxyl groups excluding tert-OH is 1. The first-order valence-electron chi connectivity index (χ1n) is 10.5. The smallest absolute Gasteiger partial charge is 0.241 e. The number of benzene rings is 2. The molecule has 0 amide bonds. The molecule has 1 unspecified atom stereocenters. The molecule has 0 fully saturated rings. The van der Waals surface area contributed by atoms with Crippen LogP contribution in [-0.2, 0) is 33.1 Å². The highest BCUT2D eigenvalue weighted by Crippen LogP contribution is 2.37. The minimum absolute atomic E-state index is 0.00803. The Morgan fingerprint density at radius 1 is 1.26 bits per heavy atom. The van der Waals surface area contributed by atoms with Crippen LogP contribution in [0.25, 0.3) is 0 Å². The van der Waals surface area contributed by atoms with Gasteiger partial charge in [-0.15, -0.1) is 0 Å². The molecule has 1 aliphatic carbocycles. The summed E-state index contributed by atoms with van der Waals surface area (Å²) in [5.41, 5.74) is 2.66. The SMILES string of the molecule is CC(C)c1c(F)c(C#N)cc2c1CC(CNS(=O)(=O)c1ccc(S(N)(=O)=O)cc1CO)=CC2C. The van der Waals surface area contributed by atoms with Crippen molar-refractivity contribution >= 4 is 20.0 Å². The lowest BCUT2D eigenvalue weighted by Gasteiger charge is -2.27. The van der Waals surface area contributed by atoms with Gasteiger partial charge in [0.15, 0.2) is 0 Å². The second-order valence-corrected chi connectivity index (χ2v) is 11.9. The summed E-state index contributed by atoms with van der Waals surface area (Å²) in [7, 11) is -8.18. The monoisotopic (exact) mass is 507 g/mol. The molecule has 1 atom stereocenters. The summed E-state index contributed by atoms with van der Waals surface area (Å²) >= 11 is 0. The number of nitrogens with zero attached hydrogens (tertiary/aromatic N) is 1. The standard InChI is InChI=1S/C23H26FN3O5S2/c1-13(2)22-20-7-15(6-14(3)19(20)9-16(10-25)23(22)24)11-27-34(31,32)21-5-4-18(33(26,29)30)8-17(21)12-28/h4-6,8-9,13-14,27-28H,7,11-12H2,1-3H3,(H2,26,29,30). The number of allylic oxidation sites excluding steroid dienone is 1. The lowest BCUT2D eigenvalue weighted by atomic mass is 9.79. The van der Waals surface area contributed by atoms with E-state index < -0.39 is 32.5 Å². The Bertz CT molecular complexity index is 1430. The van der Waals surface area contributed by atoms with Gasteiger partial charge in [-0.05, 0) is 64.8 Å². The van der Waals surface area contributed by atoms with Crippen molar-refractivity contribution in [3.8, 4) is 6.07 Å². The Hall–Kier alpha value is -2.62. The summed E-state index contributed by atoms with van der Waals surface area (Å²) in [5, 5.41) is 24.0. The number of nitrogens with one attached hydrogen (secondary N) is 1. The third-order valence-electron chi connectivity index (χ3n) is 5.83. The Kier molecular flexibility index (Phi) is 7.31. The van der Waals surface area contributed by atoms with Gasteiger partial charge in [0.2, 0.25) is 20.0 Å². The lowest BCUT2D eigenvalue weighted by molar-refractivity contribution is 0.278. The van der Waals surface area contributed by atoms with Crippen molar-refractivity contribution in [3.63, 3.8) is 0 Å². The van der Waals surface area contributed by atoms with Crippen LogP contribution in [0.3, 0.4) is 0 Å². The van der Waals surface area contributed by atoms with Crippen LogP contribution in [0.2, 0.25) is 0 Å². The predicted molar refractivity (Wildman–Crippen MR) is 124 cm³/mol. The van der Waals surface area contributed by atoms with Crippen LogP contribution in [-0.4, -0.2) is 28.5 Å². The van der Waals surface area contributed by atoms with Crippen LogP contribution in [0.5, 0.6) is 0 Å². The maximum Gasteiger partial charge on any atom is 0.241 e. The van der Waals surface area contributed by atoms with Gasteiger partial charge in [-0.1, -0.05) is 32.4 Å². The van der Waals surface area contributed by atoms with Gasteiger partial charge in [0.05, 0.1) is 22.0 Å². The zero-order valence-electron chi connectivity index (χ0n) is 19.0. The summed E-state index contributed by atoms with van der Waals surface area (Å²) in [6.45, 7) is 4.81. The number of sulfonamides is 2. The number of primary sulfonamides is 1. The molecule has 182 valence electrons. The van der Waals surface area contributed by atoms with Gasteiger partial charge < -0.3 is 5.11 Å². The highest BCUT2D eigenvalue weighted by atomic mass is 32.2. The fourth-order valence-electron chi connectivity index (χ4n) is 4.26. The molecule has 0 spiro atoms. The van der Waals surface area contributed by atoms with E-state index >= 15 is 0 Å². The van der Waals surface area contributed by atoms with E-state index in [1.54, 1.807) is 6.07 Å². The first kappa shape index (κ1) is 26.0. The van der Waals surface area contributed by atoms with Gasteiger partial charge >= 0.3 is 0 Å². The molecular weight excluding hydrogens is 481 g/mol. The summed E-state index contributed by atoms with van der Waals surface area (Å²) in [4.78, 5) is -0.573. The highest BCUT2D eigenvalue weighted by molar-refractivity contribution is 7.89. The van der Waals surface area contributed by atoms with E-state index in [1.165, 1.54) is 0 Å². The maximum absolute atomic E-state index is 14.9.